The summed E-state index contributed by atoms with van der Waals surface area (Å²) in [7, 11) is 0. The fourth-order valence-corrected chi connectivity index (χ4v) is 2.71. The first kappa shape index (κ1) is 13.1. The van der Waals surface area contributed by atoms with Gasteiger partial charge in [-0.25, -0.2) is 0 Å². The number of terminal acetylenes is 1. The van der Waals surface area contributed by atoms with E-state index in [1.807, 2.05) is 67.6 Å². The molecule has 0 bridgehead atoms. The number of rotatable bonds is 2. The molecule has 0 unspecified atom stereocenters. The van der Waals surface area contributed by atoms with Crippen LogP contribution in [0.1, 0.15) is 18.2 Å². The van der Waals surface area contributed by atoms with Gasteiger partial charge in [-0.05, 0) is 31.2 Å². The van der Waals surface area contributed by atoms with E-state index in [1.54, 1.807) is 0 Å². The largest absolute Gasteiger partial charge is 0.398 e. The van der Waals surface area contributed by atoms with Crippen molar-refractivity contribution >= 4 is 22.7 Å². The second-order valence-electron chi connectivity index (χ2n) is 4.82. The molecule has 21 heavy (non-hydrogen) atoms. The number of anilines is 1. The van der Waals surface area contributed by atoms with Crippen LogP contribution in [-0.4, -0.2) is 4.57 Å². The van der Waals surface area contributed by atoms with Crippen molar-refractivity contribution < 1.29 is 0 Å². The van der Waals surface area contributed by atoms with Gasteiger partial charge in [-0.1, -0.05) is 42.3 Å². The molecule has 3 aromatic rings. The Labute approximate surface area is 124 Å². The number of nitrogen functional groups attached to an aromatic ring is 1. The lowest BCUT2D eigenvalue weighted by Crippen LogP contribution is -1.97. The number of nitrogens with two attached hydrogens (primary N) is 1. The van der Waals surface area contributed by atoms with Crippen LogP contribution in [0.25, 0.3) is 22.7 Å². The van der Waals surface area contributed by atoms with Gasteiger partial charge in [0.05, 0.1) is 5.52 Å². The van der Waals surface area contributed by atoms with Crippen molar-refractivity contribution in [2.75, 3.05) is 5.73 Å². The minimum atomic E-state index is 0.742. The summed E-state index contributed by atoms with van der Waals surface area (Å²) in [5, 5.41) is 1.01. The standard InChI is InChI=1S/C19H16N2/c1-3-9-15-17(4-2)21(14-10-6-5-7-11-14)18-13-8-12-16(20)19(15)18/h2-3,5-13H,20H2,1H3/b9-3-. The highest BCUT2D eigenvalue weighted by atomic mass is 15.0. The molecule has 0 saturated carbocycles. The monoisotopic (exact) mass is 272 g/mol. The normalized spacial score (nSPS) is 11.0. The second-order valence-corrected chi connectivity index (χ2v) is 4.82. The first-order valence-electron chi connectivity index (χ1n) is 6.85. The van der Waals surface area contributed by atoms with Crippen molar-refractivity contribution in [3.63, 3.8) is 0 Å². The third-order valence-corrected chi connectivity index (χ3v) is 3.55. The van der Waals surface area contributed by atoms with Crippen LogP contribution < -0.4 is 5.73 Å². The third-order valence-electron chi connectivity index (χ3n) is 3.55. The quantitative estimate of drug-likeness (QED) is 0.549. The summed E-state index contributed by atoms with van der Waals surface area (Å²) in [6, 6.07) is 16.0. The third kappa shape index (κ3) is 2.00. The van der Waals surface area contributed by atoms with E-state index in [0.717, 1.165) is 33.5 Å². The molecule has 3 rings (SSSR count). The van der Waals surface area contributed by atoms with E-state index in [-0.39, 0.29) is 0 Å². The highest BCUT2D eigenvalue weighted by Gasteiger charge is 2.16. The van der Waals surface area contributed by atoms with Crippen LogP contribution >= 0.6 is 0 Å². The zero-order valence-corrected chi connectivity index (χ0v) is 11.9. The lowest BCUT2D eigenvalue weighted by atomic mass is 10.1. The lowest BCUT2D eigenvalue weighted by molar-refractivity contribution is 1.10. The molecule has 2 heteroatoms. The molecule has 1 aromatic heterocycles. The van der Waals surface area contributed by atoms with E-state index in [1.165, 1.54) is 0 Å². The number of para-hydroxylation sites is 1. The van der Waals surface area contributed by atoms with Crippen LogP contribution in [0, 0.1) is 12.3 Å². The molecule has 0 aliphatic heterocycles. The van der Waals surface area contributed by atoms with Crippen LogP contribution in [0.15, 0.2) is 54.6 Å². The van der Waals surface area contributed by atoms with Gasteiger partial charge in [-0.15, -0.1) is 6.42 Å². The van der Waals surface area contributed by atoms with Gasteiger partial charge < -0.3 is 10.3 Å². The summed E-state index contributed by atoms with van der Waals surface area (Å²) in [5.74, 6) is 2.82. The SMILES string of the molecule is C#Cc1c(/C=C\C)c2c(N)cccc2n1-c1ccccc1. The summed E-state index contributed by atoms with van der Waals surface area (Å²) in [4.78, 5) is 0. The molecule has 0 atom stereocenters. The maximum absolute atomic E-state index is 6.19. The Kier molecular flexibility index (Phi) is 3.25. The Morgan fingerprint density at radius 3 is 2.52 bits per heavy atom. The molecule has 0 saturated heterocycles. The van der Waals surface area contributed by atoms with Crippen LogP contribution in [0.2, 0.25) is 0 Å². The predicted octanol–water partition coefficient (Wildman–Crippen LogP) is 4.23. The number of fused-ring (bicyclic) bond motifs is 1. The summed E-state index contributed by atoms with van der Waals surface area (Å²) in [5.41, 5.74) is 10.8. The number of benzene rings is 2. The lowest BCUT2D eigenvalue weighted by Gasteiger charge is -2.07. The summed E-state index contributed by atoms with van der Waals surface area (Å²) in [6.45, 7) is 1.98. The second kappa shape index (κ2) is 5.22. The highest BCUT2D eigenvalue weighted by Crippen LogP contribution is 2.33. The van der Waals surface area contributed by atoms with Gasteiger partial charge in [0.15, 0.2) is 0 Å². The number of hydrogen-bond donors (Lipinski definition) is 1. The molecule has 102 valence electrons. The molecule has 0 fully saturated rings. The van der Waals surface area contributed by atoms with Gasteiger partial charge >= 0.3 is 0 Å². The molecular formula is C19H16N2. The van der Waals surface area contributed by atoms with E-state index in [2.05, 4.69) is 10.5 Å². The first-order chi connectivity index (χ1) is 10.3. The molecule has 0 aliphatic rings. The Morgan fingerprint density at radius 1 is 1.10 bits per heavy atom. The number of allylic oxidation sites excluding steroid dienone is 1. The summed E-state index contributed by atoms with van der Waals surface area (Å²) < 4.78 is 2.08. The molecule has 0 radical (unpaired) electrons. The van der Waals surface area contributed by atoms with E-state index < -0.39 is 0 Å². The van der Waals surface area contributed by atoms with E-state index in [9.17, 15) is 0 Å². The van der Waals surface area contributed by atoms with Gasteiger partial charge in [-0.3, -0.25) is 0 Å². The van der Waals surface area contributed by atoms with Crippen LogP contribution in [0.4, 0.5) is 5.69 Å². The molecule has 2 nitrogen and oxygen atoms in total. The average molecular weight is 272 g/mol. The number of hydrogen-bond acceptors (Lipinski definition) is 1. The van der Waals surface area contributed by atoms with Crippen molar-refractivity contribution in [3.8, 4) is 18.0 Å². The van der Waals surface area contributed by atoms with Crippen molar-refractivity contribution in [3.05, 3.63) is 65.9 Å². The Hall–Kier alpha value is -2.92. The van der Waals surface area contributed by atoms with Crippen LogP contribution in [0.5, 0.6) is 0 Å². The fourth-order valence-electron chi connectivity index (χ4n) is 2.71. The minimum absolute atomic E-state index is 0.742. The Balaban J connectivity index is 2.51. The smallest absolute Gasteiger partial charge is 0.105 e. The number of aromatic nitrogens is 1. The van der Waals surface area contributed by atoms with Gasteiger partial charge in [0.1, 0.15) is 5.69 Å². The van der Waals surface area contributed by atoms with Gasteiger partial charge in [0, 0.05) is 22.3 Å². The Morgan fingerprint density at radius 2 is 1.86 bits per heavy atom. The van der Waals surface area contributed by atoms with Gasteiger partial charge in [0.25, 0.3) is 0 Å². The highest BCUT2D eigenvalue weighted by molar-refractivity contribution is 6.01. The maximum atomic E-state index is 6.19. The zero-order chi connectivity index (χ0) is 14.8. The van der Waals surface area contributed by atoms with Crippen molar-refractivity contribution in [1.29, 1.82) is 0 Å². The van der Waals surface area contributed by atoms with Crippen LogP contribution in [0.3, 0.4) is 0 Å². The zero-order valence-electron chi connectivity index (χ0n) is 11.9. The number of nitrogens with zero attached hydrogens (tertiary/aromatic N) is 1. The molecule has 0 aliphatic carbocycles. The van der Waals surface area contributed by atoms with E-state index in [0.29, 0.717) is 0 Å². The summed E-state index contributed by atoms with van der Waals surface area (Å²) >= 11 is 0. The van der Waals surface area contributed by atoms with Crippen molar-refractivity contribution in [2.45, 2.75) is 6.92 Å². The molecule has 2 aromatic carbocycles. The molecule has 1 heterocycles. The fraction of sp³-hybridized carbons (Fsp3) is 0.0526. The van der Waals surface area contributed by atoms with Crippen LogP contribution in [-0.2, 0) is 0 Å². The molecule has 0 amide bonds. The summed E-state index contributed by atoms with van der Waals surface area (Å²) in [6.07, 6.45) is 9.79. The van der Waals surface area contributed by atoms with Gasteiger partial charge in [-0.2, -0.15) is 0 Å². The topological polar surface area (TPSA) is 30.9 Å². The van der Waals surface area contributed by atoms with Crippen molar-refractivity contribution in [1.82, 2.24) is 4.57 Å². The van der Waals surface area contributed by atoms with E-state index >= 15 is 0 Å². The molecule has 2 N–H and O–H groups in total. The predicted molar refractivity (Wildman–Crippen MR) is 90.3 cm³/mol. The Bertz CT molecular complexity index is 862. The van der Waals surface area contributed by atoms with Crippen molar-refractivity contribution in [2.24, 2.45) is 0 Å². The molecule has 0 spiro atoms. The minimum Gasteiger partial charge on any atom is -0.398 e. The molecular weight excluding hydrogens is 256 g/mol. The first-order valence-corrected chi connectivity index (χ1v) is 6.85. The maximum Gasteiger partial charge on any atom is 0.105 e. The van der Waals surface area contributed by atoms with E-state index in [4.69, 9.17) is 12.2 Å². The average Bonchev–Trinajstić information content (AvgIpc) is 2.83. The van der Waals surface area contributed by atoms with Gasteiger partial charge in [0.2, 0.25) is 0 Å².